The Morgan fingerprint density at radius 1 is 1.13 bits per heavy atom. The lowest BCUT2D eigenvalue weighted by Gasteiger charge is -2.24. The number of rotatable bonds is 7. The van der Waals surface area contributed by atoms with Gasteiger partial charge >= 0.3 is 0 Å². The molecule has 1 atom stereocenters. The Morgan fingerprint density at radius 2 is 1.87 bits per heavy atom. The highest BCUT2D eigenvalue weighted by Crippen LogP contribution is 2.36. The average Bonchev–Trinajstić information content (AvgIpc) is 3.24. The number of carbonyl (C=O) groups is 2. The summed E-state index contributed by atoms with van der Waals surface area (Å²) in [6.45, 7) is 1.75. The number of benzene rings is 2. The fourth-order valence-corrected chi connectivity index (χ4v) is 3.51. The van der Waals surface area contributed by atoms with Crippen LogP contribution >= 0.6 is 0 Å². The first-order chi connectivity index (χ1) is 14.5. The summed E-state index contributed by atoms with van der Waals surface area (Å²) >= 11 is 0. The van der Waals surface area contributed by atoms with E-state index >= 15 is 0 Å². The van der Waals surface area contributed by atoms with Crippen molar-refractivity contribution >= 4 is 17.5 Å². The van der Waals surface area contributed by atoms with Gasteiger partial charge in [0.05, 0.1) is 26.0 Å². The van der Waals surface area contributed by atoms with Gasteiger partial charge in [-0.25, -0.2) is 5.01 Å². The van der Waals surface area contributed by atoms with Crippen LogP contribution in [0.4, 0.5) is 0 Å². The molecule has 7 nitrogen and oxygen atoms in total. The lowest BCUT2D eigenvalue weighted by atomic mass is 9.98. The zero-order valence-corrected chi connectivity index (χ0v) is 17.8. The summed E-state index contributed by atoms with van der Waals surface area (Å²) in [5.41, 5.74) is 2.55. The number of hydrogen-bond acceptors (Lipinski definition) is 5. The Morgan fingerprint density at radius 3 is 2.50 bits per heavy atom. The molecule has 2 aromatic carbocycles. The zero-order valence-electron chi connectivity index (χ0n) is 17.8. The van der Waals surface area contributed by atoms with Gasteiger partial charge < -0.3 is 14.4 Å². The standard InChI is InChI=1S/C23H27N3O4/c1-5-22(27)25(2)15-23(28)26-20(16-9-7-6-8-10-16)14-19(24-26)18-12-11-17(29-3)13-21(18)30-4/h6-13,20H,5,14-15H2,1-4H3. The van der Waals surface area contributed by atoms with Gasteiger partial charge in [-0.05, 0) is 17.7 Å². The Kier molecular flexibility index (Phi) is 6.72. The molecule has 1 heterocycles. The molecule has 0 saturated heterocycles. The van der Waals surface area contributed by atoms with Gasteiger partial charge in [-0.2, -0.15) is 5.10 Å². The predicted octanol–water partition coefficient (Wildman–Crippen LogP) is 3.25. The summed E-state index contributed by atoms with van der Waals surface area (Å²) in [5, 5.41) is 6.15. The Bertz CT molecular complexity index is 943. The SMILES string of the molecule is CCC(=O)N(C)CC(=O)N1N=C(c2ccc(OC)cc2OC)CC1c1ccccc1. The summed E-state index contributed by atoms with van der Waals surface area (Å²) in [7, 11) is 4.83. The highest BCUT2D eigenvalue weighted by Gasteiger charge is 2.34. The Labute approximate surface area is 176 Å². The van der Waals surface area contributed by atoms with E-state index in [9.17, 15) is 9.59 Å². The van der Waals surface area contributed by atoms with Gasteiger partial charge in [-0.15, -0.1) is 0 Å². The Hall–Kier alpha value is -3.35. The summed E-state index contributed by atoms with van der Waals surface area (Å²) in [6, 6.07) is 15.1. The quantitative estimate of drug-likeness (QED) is 0.704. The molecule has 0 aromatic heterocycles. The van der Waals surface area contributed by atoms with Crippen LogP contribution in [0, 0.1) is 0 Å². The summed E-state index contributed by atoms with van der Waals surface area (Å²) in [5.74, 6) is 1.00. The smallest absolute Gasteiger partial charge is 0.262 e. The molecule has 3 rings (SSSR count). The molecular weight excluding hydrogens is 382 g/mol. The molecule has 0 fully saturated rings. The van der Waals surface area contributed by atoms with Crippen LogP contribution in [0.1, 0.15) is 36.9 Å². The maximum atomic E-state index is 13.1. The molecule has 2 aromatic rings. The molecule has 0 aliphatic carbocycles. The molecule has 7 heteroatoms. The summed E-state index contributed by atoms with van der Waals surface area (Å²) < 4.78 is 10.8. The van der Waals surface area contributed by atoms with Gasteiger partial charge in [-0.1, -0.05) is 37.3 Å². The zero-order chi connectivity index (χ0) is 21.7. The number of carbonyl (C=O) groups excluding carboxylic acids is 2. The molecule has 158 valence electrons. The molecule has 0 spiro atoms. The fraction of sp³-hybridized carbons (Fsp3) is 0.348. The molecule has 0 radical (unpaired) electrons. The maximum absolute atomic E-state index is 13.1. The molecule has 0 N–H and O–H groups in total. The Balaban J connectivity index is 1.95. The van der Waals surface area contributed by atoms with Crippen LogP contribution in [0.5, 0.6) is 11.5 Å². The largest absolute Gasteiger partial charge is 0.497 e. The third-order valence-electron chi connectivity index (χ3n) is 5.17. The minimum Gasteiger partial charge on any atom is -0.497 e. The maximum Gasteiger partial charge on any atom is 0.262 e. The van der Waals surface area contributed by atoms with E-state index in [2.05, 4.69) is 5.10 Å². The molecule has 1 aliphatic rings. The number of amides is 2. The number of ether oxygens (including phenoxy) is 2. The van der Waals surface area contributed by atoms with E-state index in [0.717, 1.165) is 16.8 Å². The van der Waals surface area contributed by atoms with Gasteiger partial charge in [0.25, 0.3) is 5.91 Å². The lowest BCUT2D eigenvalue weighted by Crippen LogP contribution is -2.38. The van der Waals surface area contributed by atoms with Crippen LogP contribution in [-0.2, 0) is 9.59 Å². The van der Waals surface area contributed by atoms with E-state index in [1.165, 1.54) is 9.91 Å². The van der Waals surface area contributed by atoms with Crippen LogP contribution in [-0.4, -0.2) is 55.2 Å². The van der Waals surface area contributed by atoms with Crippen molar-refractivity contribution in [3.8, 4) is 11.5 Å². The number of nitrogens with zero attached hydrogens (tertiary/aromatic N) is 3. The second kappa shape index (κ2) is 9.43. The number of methoxy groups -OCH3 is 2. The fourth-order valence-electron chi connectivity index (χ4n) is 3.51. The van der Waals surface area contributed by atoms with Crippen molar-refractivity contribution in [2.24, 2.45) is 5.10 Å². The van der Waals surface area contributed by atoms with Crippen LogP contribution in [0.2, 0.25) is 0 Å². The van der Waals surface area contributed by atoms with E-state index < -0.39 is 0 Å². The van der Waals surface area contributed by atoms with Crippen molar-refractivity contribution in [1.29, 1.82) is 0 Å². The topological polar surface area (TPSA) is 71.4 Å². The minimum absolute atomic E-state index is 0.0213. The molecular formula is C23H27N3O4. The highest BCUT2D eigenvalue weighted by molar-refractivity contribution is 6.05. The van der Waals surface area contributed by atoms with E-state index in [4.69, 9.17) is 9.47 Å². The van der Waals surface area contributed by atoms with Crippen molar-refractivity contribution in [2.75, 3.05) is 27.8 Å². The van der Waals surface area contributed by atoms with Gasteiger partial charge in [-0.3, -0.25) is 9.59 Å². The van der Waals surface area contributed by atoms with Crippen LogP contribution in [0.25, 0.3) is 0 Å². The number of likely N-dealkylation sites (N-methyl/N-ethyl adjacent to an activating group) is 1. The van der Waals surface area contributed by atoms with Gasteiger partial charge in [0.1, 0.15) is 18.0 Å². The minimum atomic E-state index is -0.245. The molecule has 2 amide bonds. The van der Waals surface area contributed by atoms with Gasteiger partial charge in [0, 0.05) is 31.5 Å². The second-order valence-corrected chi connectivity index (χ2v) is 7.09. The first kappa shape index (κ1) is 21.4. The van der Waals surface area contributed by atoms with Crippen LogP contribution in [0.15, 0.2) is 53.6 Å². The molecule has 1 unspecified atom stereocenters. The third-order valence-corrected chi connectivity index (χ3v) is 5.17. The van der Waals surface area contributed by atoms with Gasteiger partial charge in [0.2, 0.25) is 5.91 Å². The second-order valence-electron chi connectivity index (χ2n) is 7.09. The monoisotopic (exact) mass is 409 g/mol. The van der Waals surface area contributed by atoms with E-state index in [1.807, 2.05) is 42.5 Å². The normalized spacial score (nSPS) is 15.5. The highest BCUT2D eigenvalue weighted by atomic mass is 16.5. The van der Waals surface area contributed by atoms with Crippen molar-refractivity contribution in [3.05, 3.63) is 59.7 Å². The van der Waals surface area contributed by atoms with Crippen molar-refractivity contribution < 1.29 is 19.1 Å². The molecule has 0 bridgehead atoms. The first-order valence-corrected chi connectivity index (χ1v) is 9.89. The third kappa shape index (κ3) is 4.45. The summed E-state index contributed by atoms with van der Waals surface area (Å²) in [6.07, 6.45) is 0.896. The molecule has 0 saturated carbocycles. The van der Waals surface area contributed by atoms with Crippen molar-refractivity contribution in [1.82, 2.24) is 9.91 Å². The van der Waals surface area contributed by atoms with Crippen molar-refractivity contribution in [3.63, 3.8) is 0 Å². The van der Waals surface area contributed by atoms with Crippen molar-refractivity contribution in [2.45, 2.75) is 25.8 Å². The van der Waals surface area contributed by atoms with Crippen LogP contribution < -0.4 is 9.47 Å². The van der Waals surface area contributed by atoms with E-state index in [-0.39, 0.29) is 24.4 Å². The molecule has 30 heavy (non-hydrogen) atoms. The number of hydrazone groups is 1. The molecule has 1 aliphatic heterocycles. The first-order valence-electron chi connectivity index (χ1n) is 9.89. The van der Waals surface area contributed by atoms with E-state index in [1.54, 1.807) is 34.3 Å². The predicted molar refractivity (Wildman–Crippen MR) is 115 cm³/mol. The van der Waals surface area contributed by atoms with Crippen LogP contribution in [0.3, 0.4) is 0 Å². The lowest BCUT2D eigenvalue weighted by molar-refractivity contribution is -0.140. The van der Waals surface area contributed by atoms with E-state index in [0.29, 0.717) is 24.3 Å². The number of hydrogen-bond donors (Lipinski definition) is 0. The van der Waals surface area contributed by atoms with Gasteiger partial charge in [0.15, 0.2) is 0 Å². The summed E-state index contributed by atoms with van der Waals surface area (Å²) in [4.78, 5) is 26.4. The average molecular weight is 409 g/mol.